The Bertz CT molecular complexity index is 611. The predicted octanol–water partition coefficient (Wildman–Crippen LogP) is 2.97. The molecule has 5 nitrogen and oxygen atoms in total. The molecule has 1 atom stereocenters. The summed E-state index contributed by atoms with van der Waals surface area (Å²) in [5.41, 5.74) is 6.93. The van der Waals surface area contributed by atoms with Gasteiger partial charge in [0.2, 0.25) is 11.8 Å². The van der Waals surface area contributed by atoms with Crippen LogP contribution in [-0.4, -0.2) is 46.8 Å². The summed E-state index contributed by atoms with van der Waals surface area (Å²) in [6.07, 6.45) is 5.03. The van der Waals surface area contributed by atoms with Crippen LogP contribution in [0.15, 0.2) is 30.3 Å². The number of nitrogens with two attached hydrogens (primary N) is 1. The minimum absolute atomic E-state index is 0. The molecule has 0 bridgehead atoms. The molecule has 2 fully saturated rings. The van der Waals surface area contributed by atoms with Crippen LogP contribution in [0.1, 0.15) is 51.0 Å². The molecule has 2 aliphatic rings. The lowest BCUT2D eigenvalue weighted by molar-refractivity contribution is -0.141. The van der Waals surface area contributed by atoms with Crippen molar-refractivity contribution in [3.8, 4) is 0 Å². The van der Waals surface area contributed by atoms with Crippen LogP contribution in [-0.2, 0) is 16.1 Å². The summed E-state index contributed by atoms with van der Waals surface area (Å²) in [7, 11) is 0. The molecule has 0 aromatic heterocycles. The Morgan fingerprint density at radius 2 is 1.78 bits per heavy atom. The Hall–Kier alpha value is -1.59. The second-order valence-electron chi connectivity index (χ2n) is 7.85. The molecule has 2 N–H and O–H groups in total. The number of benzene rings is 1. The zero-order chi connectivity index (χ0) is 18.5. The highest BCUT2D eigenvalue weighted by Crippen LogP contribution is 2.32. The lowest BCUT2D eigenvalue weighted by Crippen LogP contribution is -2.45. The van der Waals surface area contributed by atoms with Gasteiger partial charge in [0, 0.05) is 44.1 Å². The zero-order valence-electron chi connectivity index (χ0n) is 16.2. The molecule has 1 saturated carbocycles. The molecule has 1 saturated heterocycles. The van der Waals surface area contributed by atoms with E-state index in [4.69, 9.17) is 5.73 Å². The summed E-state index contributed by atoms with van der Waals surface area (Å²) >= 11 is 0. The average Bonchev–Trinajstić information content (AvgIpc) is 3.49. The molecule has 3 rings (SSSR count). The molecular formula is C21H32ClN3O2. The molecule has 1 heterocycles. The average molecular weight is 394 g/mol. The first kappa shape index (κ1) is 21.7. The van der Waals surface area contributed by atoms with Gasteiger partial charge in [0.15, 0.2) is 0 Å². The third-order valence-electron chi connectivity index (χ3n) is 5.48. The van der Waals surface area contributed by atoms with E-state index in [-0.39, 0.29) is 36.2 Å². The van der Waals surface area contributed by atoms with Crippen LogP contribution in [0.5, 0.6) is 0 Å². The van der Waals surface area contributed by atoms with Crippen molar-refractivity contribution in [2.75, 3.05) is 13.1 Å². The summed E-state index contributed by atoms with van der Waals surface area (Å²) in [5.74, 6) is 0.507. The Morgan fingerprint density at radius 1 is 1.15 bits per heavy atom. The van der Waals surface area contributed by atoms with E-state index in [1.165, 1.54) is 5.56 Å². The fourth-order valence-corrected chi connectivity index (χ4v) is 3.67. The van der Waals surface area contributed by atoms with Crippen LogP contribution in [0.3, 0.4) is 0 Å². The molecule has 1 aliphatic heterocycles. The van der Waals surface area contributed by atoms with E-state index in [1.807, 2.05) is 30.0 Å². The fraction of sp³-hybridized carbons (Fsp3) is 0.619. The monoisotopic (exact) mass is 393 g/mol. The minimum atomic E-state index is 0. The van der Waals surface area contributed by atoms with E-state index < -0.39 is 0 Å². The lowest BCUT2D eigenvalue weighted by atomic mass is 9.94. The lowest BCUT2D eigenvalue weighted by Gasteiger charge is -2.34. The van der Waals surface area contributed by atoms with E-state index in [0.29, 0.717) is 32.1 Å². The fourth-order valence-electron chi connectivity index (χ4n) is 3.67. The molecule has 0 spiro atoms. The van der Waals surface area contributed by atoms with E-state index in [0.717, 1.165) is 32.1 Å². The van der Waals surface area contributed by atoms with Crippen molar-refractivity contribution in [2.45, 2.75) is 64.1 Å². The van der Waals surface area contributed by atoms with Crippen molar-refractivity contribution >= 4 is 24.2 Å². The van der Waals surface area contributed by atoms with Gasteiger partial charge in [-0.3, -0.25) is 9.59 Å². The molecule has 1 aromatic carbocycles. The number of carbonyl (C=O) groups excluding carboxylic acids is 2. The number of hydrogen-bond donors (Lipinski definition) is 1. The normalized spacial score (nSPS) is 18.5. The summed E-state index contributed by atoms with van der Waals surface area (Å²) in [6.45, 7) is 4.02. The van der Waals surface area contributed by atoms with Gasteiger partial charge in [-0.15, -0.1) is 12.4 Å². The van der Waals surface area contributed by atoms with Crippen molar-refractivity contribution in [1.29, 1.82) is 0 Å². The molecule has 1 unspecified atom stereocenters. The quantitative estimate of drug-likeness (QED) is 0.774. The summed E-state index contributed by atoms with van der Waals surface area (Å²) in [5, 5.41) is 0. The Labute approximate surface area is 168 Å². The van der Waals surface area contributed by atoms with Gasteiger partial charge in [0.05, 0.1) is 0 Å². The van der Waals surface area contributed by atoms with Gasteiger partial charge in [-0.25, -0.2) is 0 Å². The van der Waals surface area contributed by atoms with E-state index >= 15 is 0 Å². The van der Waals surface area contributed by atoms with Crippen molar-refractivity contribution in [2.24, 2.45) is 11.7 Å². The Kier molecular flexibility index (Phi) is 8.11. The molecule has 27 heavy (non-hydrogen) atoms. The highest BCUT2D eigenvalue weighted by molar-refractivity contribution is 5.85. The van der Waals surface area contributed by atoms with Crippen LogP contribution in [0.4, 0.5) is 0 Å². The minimum Gasteiger partial charge on any atom is -0.343 e. The first-order chi connectivity index (χ1) is 12.5. The first-order valence-electron chi connectivity index (χ1n) is 9.92. The standard InChI is InChI=1S/C21H31N3O2.ClH/c1-16(22)7-10-20(25)23-13-11-18(12-14-23)21(26)24(19-8-9-19)15-17-5-3-2-4-6-17;/h2-6,16,18-19H,7-15,22H2,1H3;1H. The third-order valence-corrected chi connectivity index (χ3v) is 5.48. The smallest absolute Gasteiger partial charge is 0.226 e. The second kappa shape index (κ2) is 10.1. The summed E-state index contributed by atoms with van der Waals surface area (Å²) in [6, 6.07) is 10.7. The molecule has 1 aromatic rings. The van der Waals surface area contributed by atoms with Crippen LogP contribution < -0.4 is 5.73 Å². The number of halogens is 1. The summed E-state index contributed by atoms with van der Waals surface area (Å²) in [4.78, 5) is 29.3. The van der Waals surface area contributed by atoms with E-state index in [9.17, 15) is 9.59 Å². The third kappa shape index (κ3) is 6.22. The summed E-state index contributed by atoms with van der Waals surface area (Å²) < 4.78 is 0. The number of rotatable bonds is 7. The van der Waals surface area contributed by atoms with E-state index in [1.54, 1.807) is 0 Å². The number of nitrogens with zero attached hydrogens (tertiary/aromatic N) is 2. The van der Waals surface area contributed by atoms with Crippen LogP contribution >= 0.6 is 12.4 Å². The van der Waals surface area contributed by atoms with Gasteiger partial charge in [-0.2, -0.15) is 0 Å². The van der Waals surface area contributed by atoms with Crippen molar-refractivity contribution in [1.82, 2.24) is 9.80 Å². The molecule has 6 heteroatoms. The highest BCUT2D eigenvalue weighted by Gasteiger charge is 2.37. The van der Waals surface area contributed by atoms with Gasteiger partial charge >= 0.3 is 0 Å². The molecule has 150 valence electrons. The predicted molar refractivity (Wildman–Crippen MR) is 109 cm³/mol. The maximum Gasteiger partial charge on any atom is 0.226 e. The SMILES string of the molecule is CC(N)CCC(=O)N1CCC(C(=O)N(Cc2ccccc2)C2CC2)CC1.Cl. The maximum atomic E-state index is 13.1. The van der Waals surface area contributed by atoms with E-state index in [2.05, 4.69) is 17.0 Å². The Morgan fingerprint density at radius 3 is 2.33 bits per heavy atom. The van der Waals surface area contributed by atoms with Crippen LogP contribution in [0.25, 0.3) is 0 Å². The number of piperidine rings is 1. The number of carbonyl (C=O) groups is 2. The van der Waals surface area contributed by atoms with Gasteiger partial charge in [0.25, 0.3) is 0 Å². The van der Waals surface area contributed by atoms with Gasteiger partial charge in [0.1, 0.15) is 0 Å². The van der Waals surface area contributed by atoms with Gasteiger partial charge < -0.3 is 15.5 Å². The van der Waals surface area contributed by atoms with Crippen molar-refractivity contribution in [3.63, 3.8) is 0 Å². The largest absolute Gasteiger partial charge is 0.343 e. The van der Waals surface area contributed by atoms with Crippen LogP contribution in [0.2, 0.25) is 0 Å². The van der Waals surface area contributed by atoms with Gasteiger partial charge in [-0.1, -0.05) is 30.3 Å². The Balaban J connectivity index is 0.00000261. The highest BCUT2D eigenvalue weighted by atomic mass is 35.5. The van der Waals surface area contributed by atoms with Crippen molar-refractivity contribution in [3.05, 3.63) is 35.9 Å². The molecular weight excluding hydrogens is 362 g/mol. The van der Waals surface area contributed by atoms with Crippen molar-refractivity contribution < 1.29 is 9.59 Å². The number of amides is 2. The number of likely N-dealkylation sites (tertiary alicyclic amines) is 1. The zero-order valence-corrected chi connectivity index (χ0v) is 17.0. The molecule has 0 radical (unpaired) electrons. The molecule has 2 amide bonds. The van der Waals surface area contributed by atoms with Gasteiger partial charge in [-0.05, 0) is 44.6 Å². The maximum absolute atomic E-state index is 13.1. The first-order valence-corrected chi connectivity index (χ1v) is 9.92. The second-order valence-corrected chi connectivity index (χ2v) is 7.85. The molecule has 1 aliphatic carbocycles. The topological polar surface area (TPSA) is 66.6 Å². The van der Waals surface area contributed by atoms with Crippen LogP contribution in [0, 0.1) is 5.92 Å². The number of hydrogen-bond acceptors (Lipinski definition) is 3.